The highest BCUT2D eigenvalue weighted by Gasteiger charge is 2.30. The van der Waals surface area contributed by atoms with Gasteiger partial charge in [0.1, 0.15) is 0 Å². The molecular formula is C27H28N4O4. The molecular weight excluding hydrogens is 444 g/mol. The largest absolute Gasteiger partial charge is 0.493 e. The molecule has 8 heteroatoms. The Morgan fingerprint density at radius 2 is 1.66 bits per heavy atom. The van der Waals surface area contributed by atoms with Crippen molar-refractivity contribution in [2.45, 2.75) is 6.92 Å². The number of hydrogen-bond donors (Lipinski definition) is 3. The molecule has 0 saturated heterocycles. The maximum atomic E-state index is 13.2. The van der Waals surface area contributed by atoms with Crippen LogP contribution in [0.1, 0.15) is 18.1 Å². The number of benzene rings is 3. The number of ether oxygens (including phenoxy) is 2. The number of nitrogens with one attached hydrogen (secondary N) is 2. The monoisotopic (exact) mass is 472 g/mol. The third-order valence-electron chi connectivity index (χ3n) is 5.76. The number of rotatable bonds is 8. The number of nitrogens with two attached hydrogens (primary N) is 1. The maximum absolute atomic E-state index is 13.2. The minimum absolute atomic E-state index is 0.0770. The maximum Gasteiger partial charge on any atom is 0.258 e. The highest BCUT2D eigenvalue weighted by molar-refractivity contribution is 6.37. The molecule has 4 N–H and O–H groups in total. The van der Waals surface area contributed by atoms with E-state index in [2.05, 4.69) is 10.6 Å². The van der Waals surface area contributed by atoms with Gasteiger partial charge in [0.25, 0.3) is 5.91 Å². The van der Waals surface area contributed by atoms with Crippen LogP contribution in [-0.4, -0.2) is 39.1 Å². The second-order valence-corrected chi connectivity index (χ2v) is 7.95. The summed E-state index contributed by atoms with van der Waals surface area (Å²) >= 11 is 0. The second-order valence-electron chi connectivity index (χ2n) is 7.95. The Labute approximate surface area is 204 Å². The Bertz CT molecular complexity index is 1270. The number of amides is 2. The van der Waals surface area contributed by atoms with Crippen LogP contribution in [0.25, 0.3) is 11.3 Å². The van der Waals surface area contributed by atoms with Gasteiger partial charge in [0.05, 0.1) is 31.2 Å². The molecule has 1 aliphatic heterocycles. The lowest BCUT2D eigenvalue weighted by Gasteiger charge is -2.21. The lowest BCUT2D eigenvalue weighted by Crippen LogP contribution is -2.33. The Morgan fingerprint density at radius 3 is 2.26 bits per heavy atom. The molecule has 0 saturated carbocycles. The first kappa shape index (κ1) is 23.8. The van der Waals surface area contributed by atoms with Crippen molar-refractivity contribution in [2.75, 3.05) is 42.8 Å². The van der Waals surface area contributed by atoms with Gasteiger partial charge in [-0.15, -0.1) is 0 Å². The Balaban J connectivity index is 1.80. The topological polar surface area (TPSA) is 106 Å². The third-order valence-corrected chi connectivity index (χ3v) is 5.76. The van der Waals surface area contributed by atoms with Crippen molar-refractivity contribution < 1.29 is 19.1 Å². The number of hydrogen-bond acceptors (Lipinski definition) is 6. The van der Waals surface area contributed by atoms with Crippen molar-refractivity contribution in [1.29, 1.82) is 0 Å². The molecule has 8 nitrogen and oxygen atoms in total. The summed E-state index contributed by atoms with van der Waals surface area (Å²) in [5.41, 5.74) is 10.5. The molecule has 0 atom stereocenters. The molecule has 0 unspecified atom stereocenters. The molecule has 180 valence electrons. The number of fused-ring (bicyclic) bond motifs is 1. The van der Waals surface area contributed by atoms with Crippen LogP contribution in [0.15, 0.2) is 66.7 Å². The van der Waals surface area contributed by atoms with Crippen LogP contribution in [0, 0.1) is 0 Å². The quantitative estimate of drug-likeness (QED) is 0.429. The highest BCUT2D eigenvalue weighted by atomic mass is 16.5. The number of nitrogens with zero attached hydrogens (tertiary/aromatic N) is 1. The molecule has 0 fully saturated rings. The Kier molecular flexibility index (Phi) is 7.03. The summed E-state index contributed by atoms with van der Waals surface area (Å²) in [6.07, 6.45) is 0. The van der Waals surface area contributed by atoms with Gasteiger partial charge in [0.15, 0.2) is 11.5 Å². The minimum atomic E-state index is -0.232. The van der Waals surface area contributed by atoms with Gasteiger partial charge in [0.2, 0.25) is 5.91 Å². The fraction of sp³-hybridized carbons (Fsp3) is 0.185. The SMILES string of the molecule is COc1cc2c(cc1OC)/C(=C(/Nc1ccc(N(CCN)C(C)=O)cc1)c1ccccc1)C(=O)N2. The molecule has 3 aromatic rings. The van der Waals surface area contributed by atoms with Crippen molar-refractivity contribution in [3.05, 3.63) is 77.9 Å². The molecule has 4 rings (SSSR count). The molecule has 35 heavy (non-hydrogen) atoms. The van der Waals surface area contributed by atoms with E-state index in [0.717, 1.165) is 16.9 Å². The van der Waals surface area contributed by atoms with Crippen molar-refractivity contribution in [2.24, 2.45) is 5.73 Å². The van der Waals surface area contributed by atoms with E-state index >= 15 is 0 Å². The third kappa shape index (κ3) is 4.83. The van der Waals surface area contributed by atoms with Crippen LogP contribution in [0.4, 0.5) is 17.1 Å². The molecule has 0 radical (unpaired) electrons. The van der Waals surface area contributed by atoms with E-state index in [4.69, 9.17) is 15.2 Å². The number of anilines is 3. The summed E-state index contributed by atoms with van der Waals surface area (Å²) < 4.78 is 10.9. The Morgan fingerprint density at radius 1 is 1.00 bits per heavy atom. The van der Waals surface area contributed by atoms with Gasteiger partial charge < -0.3 is 30.7 Å². The van der Waals surface area contributed by atoms with E-state index in [1.54, 1.807) is 31.3 Å². The summed E-state index contributed by atoms with van der Waals surface area (Å²) in [4.78, 5) is 26.8. The van der Waals surface area contributed by atoms with Gasteiger partial charge in [0, 0.05) is 43.0 Å². The predicted molar refractivity (Wildman–Crippen MR) is 139 cm³/mol. The van der Waals surface area contributed by atoms with Crippen molar-refractivity contribution in [3.8, 4) is 11.5 Å². The molecule has 2 amide bonds. The van der Waals surface area contributed by atoms with E-state index in [0.29, 0.717) is 47.1 Å². The number of carbonyl (C=O) groups excluding carboxylic acids is 2. The van der Waals surface area contributed by atoms with Crippen LogP contribution in [-0.2, 0) is 9.59 Å². The van der Waals surface area contributed by atoms with Crippen molar-refractivity contribution in [3.63, 3.8) is 0 Å². The van der Waals surface area contributed by atoms with Crippen LogP contribution in [0.5, 0.6) is 11.5 Å². The normalized spacial score (nSPS) is 13.5. The van der Waals surface area contributed by atoms with Gasteiger partial charge in [-0.1, -0.05) is 30.3 Å². The fourth-order valence-corrected chi connectivity index (χ4v) is 4.09. The fourth-order valence-electron chi connectivity index (χ4n) is 4.09. The van der Waals surface area contributed by atoms with E-state index in [1.165, 1.54) is 6.92 Å². The van der Waals surface area contributed by atoms with Crippen LogP contribution in [0.2, 0.25) is 0 Å². The van der Waals surface area contributed by atoms with Gasteiger partial charge in [-0.2, -0.15) is 0 Å². The molecule has 1 heterocycles. The first-order valence-corrected chi connectivity index (χ1v) is 11.2. The summed E-state index contributed by atoms with van der Waals surface area (Å²) in [7, 11) is 3.11. The molecule has 3 aromatic carbocycles. The van der Waals surface area contributed by atoms with Crippen LogP contribution < -0.4 is 30.7 Å². The van der Waals surface area contributed by atoms with E-state index in [-0.39, 0.29) is 11.8 Å². The molecule has 0 aliphatic carbocycles. The first-order chi connectivity index (χ1) is 17.0. The van der Waals surface area contributed by atoms with E-state index in [1.807, 2.05) is 54.6 Å². The predicted octanol–water partition coefficient (Wildman–Crippen LogP) is 3.95. The minimum Gasteiger partial charge on any atom is -0.493 e. The number of methoxy groups -OCH3 is 2. The van der Waals surface area contributed by atoms with Gasteiger partial charge in [-0.3, -0.25) is 9.59 Å². The summed E-state index contributed by atoms with van der Waals surface area (Å²) in [5, 5.41) is 6.35. The smallest absolute Gasteiger partial charge is 0.258 e. The number of carbonyl (C=O) groups is 2. The lowest BCUT2D eigenvalue weighted by molar-refractivity contribution is -0.116. The second kappa shape index (κ2) is 10.3. The van der Waals surface area contributed by atoms with Gasteiger partial charge >= 0.3 is 0 Å². The lowest BCUT2D eigenvalue weighted by atomic mass is 9.99. The zero-order valence-corrected chi connectivity index (χ0v) is 19.9. The molecule has 0 aromatic heterocycles. The van der Waals surface area contributed by atoms with Crippen molar-refractivity contribution in [1.82, 2.24) is 0 Å². The zero-order valence-electron chi connectivity index (χ0n) is 19.9. The highest BCUT2D eigenvalue weighted by Crippen LogP contribution is 2.43. The summed E-state index contributed by atoms with van der Waals surface area (Å²) in [6, 6.07) is 20.6. The summed E-state index contributed by atoms with van der Waals surface area (Å²) in [6.45, 7) is 2.31. The zero-order chi connectivity index (χ0) is 24.9. The first-order valence-electron chi connectivity index (χ1n) is 11.2. The summed E-state index contributed by atoms with van der Waals surface area (Å²) in [5.74, 6) is 0.752. The average molecular weight is 473 g/mol. The molecule has 1 aliphatic rings. The molecule has 0 spiro atoms. The standard InChI is InChI=1S/C27H28N4O4/c1-17(32)31(14-13-28)20-11-9-19(10-12-20)29-26(18-7-5-4-6-8-18)25-21-15-23(34-2)24(35-3)16-22(21)30-27(25)33/h4-12,15-16,29H,13-14,28H2,1-3H3,(H,30,33)/b26-25-. The van der Waals surface area contributed by atoms with Gasteiger partial charge in [-0.25, -0.2) is 0 Å². The molecule has 0 bridgehead atoms. The van der Waals surface area contributed by atoms with E-state index < -0.39 is 0 Å². The van der Waals surface area contributed by atoms with Crippen LogP contribution in [0.3, 0.4) is 0 Å². The Hall–Kier alpha value is -4.30. The van der Waals surface area contributed by atoms with E-state index in [9.17, 15) is 9.59 Å². The van der Waals surface area contributed by atoms with Crippen molar-refractivity contribution >= 4 is 40.1 Å². The van der Waals surface area contributed by atoms with Crippen LogP contribution >= 0.6 is 0 Å². The van der Waals surface area contributed by atoms with Gasteiger partial charge in [-0.05, 0) is 35.9 Å². The average Bonchev–Trinajstić information content (AvgIpc) is 3.20.